The maximum absolute atomic E-state index is 12.9. The highest BCUT2D eigenvalue weighted by Gasteiger charge is 2.53. The van der Waals surface area contributed by atoms with Crippen molar-refractivity contribution < 1.29 is 36.1 Å². The molecule has 2 saturated heterocycles. The summed E-state index contributed by atoms with van der Waals surface area (Å²) < 4.78 is 38.5. The molecule has 0 spiro atoms. The second-order valence-corrected chi connectivity index (χ2v) is 21.8. The monoisotopic (exact) mass is 722 g/mol. The molecule has 8 nitrogen and oxygen atoms in total. The molecule has 0 aromatic rings. The predicted octanol–water partition coefficient (Wildman–Crippen LogP) is 8.85. The molecule has 0 radical (unpaired) electrons. The summed E-state index contributed by atoms with van der Waals surface area (Å²) in [5.74, 6) is 1.47. The van der Waals surface area contributed by atoms with Crippen LogP contribution >= 0.6 is 23.5 Å². The quantitative estimate of drug-likeness (QED) is 0.0673. The van der Waals surface area contributed by atoms with E-state index in [1.54, 1.807) is 0 Å². The molecule has 2 rings (SSSR count). The molecule has 0 aromatic heterocycles. The average molecular weight is 723 g/mol. The van der Waals surface area contributed by atoms with E-state index in [4.69, 9.17) is 26.6 Å². The molecule has 270 valence electrons. The van der Waals surface area contributed by atoms with Crippen LogP contribution in [0.15, 0.2) is 0 Å². The maximum Gasteiger partial charge on any atom is 0.515 e. The zero-order valence-electron chi connectivity index (χ0n) is 29.9. The van der Waals surface area contributed by atoms with Gasteiger partial charge in [0.25, 0.3) is 0 Å². The lowest BCUT2D eigenvalue weighted by atomic mass is 10.1. The van der Waals surface area contributed by atoms with Crippen molar-refractivity contribution in [2.75, 3.05) is 45.4 Å². The summed E-state index contributed by atoms with van der Waals surface area (Å²) in [6, 6.07) is 0.710. The molecule has 2 unspecified atom stereocenters. The van der Waals surface area contributed by atoms with Gasteiger partial charge in [-0.25, -0.2) is 0 Å². The van der Waals surface area contributed by atoms with Gasteiger partial charge >= 0.3 is 17.6 Å². The fourth-order valence-electron chi connectivity index (χ4n) is 5.39. The fraction of sp³-hybridized carbons (Fsp3) is 0.941. The Kier molecular flexibility index (Phi) is 22.5. The van der Waals surface area contributed by atoms with Gasteiger partial charge in [-0.3, -0.25) is 9.59 Å². The number of hydrogen-bond acceptors (Lipinski definition) is 10. The van der Waals surface area contributed by atoms with Crippen molar-refractivity contribution in [3.05, 3.63) is 0 Å². The zero-order chi connectivity index (χ0) is 33.7. The number of unbranched alkanes of at least 4 members (excludes halogenated alkanes) is 8. The molecular formula is C34H66O8S2Si2. The van der Waals surface area contributed by atoms with Crippen LogP contribution in [-0.4, -0.2) is 78.1 Å². The van der Waals surface area contributed by atoms with Crippen molar-refractivity contribution in [3.63, 3.8) is 0 Å². The smallest absolute Gasteiger partial charge is 0.373 e. The van der Waals surface area contributed by atoms with Crippen molar-refractivity contribution >= 4 is 51.4 Å². The van der Waals surface area contributed by atoms with Gasteiger partial charge in [0.1, 0.15) is 0 Å². The summed E-state index contributed by atoms with van der Waals surface area (Å²) in [6.45, 7) is 16.2. The minimum absolute atomic E-state index is 0.0623. The third-order valence-electron chi connectivity index (χ3n) is 8.37. The van der Waals surface area contributed by atoms with E-state index in [-0.39, 0.29) is 21.0 Å². The normalized spacial score (nSPS) is 26.6. The minimum Gasteiger partial charge on any atom is -0.373 e. The number of rotatable bonds is 25. The SMILES string of the molecule is CCCCCCCC(=O)SCCC[Si]1(OCC(C)CO[Si]2(C(CC)SC(=O)CCCCCCC)OCC(C)CO2)OCC(C)CO1. The Morgan fingerprint density at radius 3 is 1.80 bits per heavy atom. The summed E-state index contributed by atoms with van der Waals surface area (Å²) >= 11 is 2.82. The van der Waals surface area contributed by atoms with Gasteiger partial charge in [0, 0.05) is 82.0 Å². The first-order valence-corrected chi connectivity index (χ1v) is 24.0. The van der Waals surface area contributed by atoms with E-state index in [0.717, 1.165) is 44.3 Å². The lowest BCUT2D eigenvalue weighted by molar-refractivity contribution is -0.111. The van der Waals surface area contributed by atoms with Gasteiger partial charge in [0.15, 0.2) is 10.2 Å². The van der Waals surface area contributed by atoms with Gasteiger partial charge in [0.05, 0.1) is 4.87 Å². The molecule has 2 aliphatic heterocycles. The van der Waals surface area contributed by atoms with E-state index >= 15 is 0 Å². The van der Waals surface area contributed by atoms with Crippen LogP contribution in [0.2, 0.25) is 6.04 Å². The third-order valence-corrected chi connectivity index (χ3v) is 17.4. The highest BCUT2D eigenvalue weighted by molar-refractivity contribution is 8.15. The van der Waals surface area contributed by atoms with Crippen LogP contribution in [0.4, 0.5) is 0 Å². The molecule has 0 bridgehead atoms. The molecule has 2 fully saturated rings. The summed E-state index contributed by atoms with van der Waals surface area (Å²) in [5, 5.41) is 0.497. The molecule has 2 aliphatic rings. The van der Waals surface area contributed by atoms with Gasteiger partial charge < -0.3 is 26.6 Å². The molecule has 2 atom stereocenters. The largest absolute Gasteiger partial charge is 0.515 e. The van der Waals surface area contributed by atoms with Crippen molar-refractivity contribution in [1.82, 2.24) is 0 Å². The Bertz CT molecular complexity index is 823. The van der Waals surface area contributed by atoms with Crippen LogP contribution in [0.5, 0.6) is 0 Å². The molecule has 0 amide bonds. The lowest BCUT2D eigenvalue weighted by Gasteiger charge is -2.40. The third kappa shape index (κ3) is 16.8. The summed E-state index contributed by atoms with van der Waals surface area (Å²) in [5.41, 5.74) is 0. The highest BCUT2D eigenvalue weighted by atomic mass is 32.2. The van der Waals surface area contributed by atoms with Gasteiger partial charge in [-0.1, -0.05) is 116 Å². The zero-order valence-corrected chi connectivity index (χ0v) is 33.6. The van der Waals surface area contributed by atoms with Gasteiger partial charge in [-0.05, 0) is 25.7 Å². The second kappa shape index (κ2) is 24.4. The second-order valence-electron chi connectivity index (χ2n) is 13.5. The van der Waals surface area contributed by atoms with E-state index < -0.39 is 17.6 Å². The van der Waals surface area contributed by atoms with Gasteiger partial charge in [-0.2, -0.15) is 0 Å². The van der Waals surface area contributed by atoms with Gasteiger partial charge in [0.2, 0.25) is 0 Å². The van der Waals surface area contributed by atoms with Crippen molar-refractivity contribution in [2.24, 2.45) is 17.8 Å². The van der Waals surface area contributed by atoms with E-state index in [0.29, 0.717) is 70.4 Å². The molecule has 2 heterocycles. The first kappa shape index (κ1) is 42.4. The molecule has 46 heavy (non-hydrogen) atoms. The highest BCUT2D eigenvalue weighted by Crippen LogP contribution is 2.34. The summed E-state index contributed by atoms with van der Waals surface area (Å²) in [6.07, 6.45) is 14.3. The van der Waals surface area contributed by atoms with Crippen LogP contribution in [0, 0.1) is 17.8 Å². The molecule has 0 aromatic carbocycles. The van der Waals surface area contributed by atoms with E-state index in [1.165, 1.54) is 62.0 Å². The first-order valence-electron chi connectivity index (χ1n) is 18.4. The van der Waals surface area contributed by atoms with Crippen LogP contribution in [0.1, 0.15) is 131 Å². The topological polar surface area (TPSA) is 89.5 Å². The Balaban J connectivity index is 1.87. The van der Waals surface area contributed by atoms with Crippen molar-refractivity contribution in [2.45, 2.75) is 142 Å². The molecule has 0 aliphatic carbocycles. The van der Waals surface area contributed by atoms with Crippen LogP contribution in [0.25, 0.3) is 0 Å². The Morgan fingerprint density at radius 1 is 0.717 bits per heavy atom. The van der Waals surface area contributed by atoms with Crippen LogP contribution < -0.4 is 0 Å². The predicted molar refractivity (Wildman–Crippen MR) is 195 cm³/mol. The van der Waals surface area contributed by atoms with Crippen LogP contribution in [-0.2, 0) is 36.1 Å². The fourth-order valence-corrected chi connectivity index (χ4v) is 14.5. The Morgan fingerprint density at radius 2 is 1.24 bits per heavy atom. The molecule has 0 saturated carbocycles. The average Bonchev–Trinajstić information content (AvgIpc) is 3.05. The lowest BCUT2D eigenvalue weighted by Crippen LogP contribution is -2.59. The maximum atomic E-state index is 12.9. The molecule has 12 heteroatoms. The molecular weight excluding hydrogens is 657 g/mol. The standard InChI is InChI=1S/C34H66O8S2Si2/c1-7-10-12-14-16-19-32(35)43-21-18-22-45(37-23-29(4)24-38-45)39-25-30(5)26-40-46(41-27-31(6)28-42-46)34(9-3)44-33(36)20-17-15-13-11-8-2/h29-31,34H,7-28H2,1-6H3. The van der Waals surface area contributed by atoms with E-state index in [9.17, 15) is 9.59 Å². The number of hydrogen-bond donors (Lipinski definition) is 0. The number of thioether (sulfide) groups is 2. The number of carbonyl (C=O) groups is 2. The molecule has 0 N–H and O–H groups in total. The minimum atomic E-state index is -3.09. The van der Waals surface area contributed by atoms with Gasteiger partial charge in [-0.15, -0.1) is 0 Å². The Labute approximate surface area is 292 Å². The summed E-state index contributed by atoms with van der Waals surface area (Å²) in [7, 11) is -5.94. The van der Waals surface area contributed by atoms with E-state index in [1.807, 2.05) is 0 Å². The Hall–Kier alpha value is 0.234. The van der Waals surface area contributed by atoms with Crippen molar-refractivity contribution in [1.29, 1.82) is 0 Å². The van der Waals surface area contributed by atoms with E-state index in [2.05, 4.69) is 41.5 Å². The van der Waals surface area contributed by atoms with Crippen molar-refractivity contribution in [3.8, 4) is 0 Å². The summed E-state index contributed by atoms with van der Waals surface area (Å²) in [4.78, 5) is 25.2. The number of carbonyl (C=O) groups excluding carboxylic acids is 2. The first-order chi connectivity index (χ1) is 22.2. The van der Waals surface area contributed by atoms with Crippen LogP contribution in [0.3, 0.4) is 0 Å².